The van der Waals surface area contributed by atoms with Crippen LogP contribution in [-0.2, 0) is 0 Å². The van der Waals surface area contributed by atoms with Gasteiger partial charge in [-0.3, -0.25) is 0 Å². The number of hydrogen-bond donors (Lipinski definition) is 1. The number of ether oxygens (including phenoxy) is 2. The van der Waals surface area contributed by atoms with E-state index in [0.29, 0.717) is 27.6 Å². The summed E-state index contributed by atoms with van der Waals surface area (Å²) in [6, 6.07) is 25.1. The number of esters is 2. The molecule has 2 N–H and O–H groups in total. The van der Waals surface area contributed by atoms with Gasteiger partial charge in [-0.25, -0.2) is 9.59 Å². The quantitative estimate of drug-likeness (QED) is 0.197. The second-order valence-corrected chi connectivity index (χ2v) is 7.92. The van der Waals surface area contributed by atoms with Crippen LogP contribution >= 0.6 is 23.2 Å². The normalized spacial score (nSPS) is 10.5. The highest BCUT2D eigenvalue weighted by Crippen LogP contribution is 2.28. The van der Waals surface area contributed by atoms with Crippen molar-refractivity contribution in [3.05, 3.63) is 112 Å². The van der Waals surface area contributed by atoms with E-state index in [4.69, 9.17) is 38.4 Å². The number of halogens is 2. The number of carbonyl (C=O) groups is 2. The monoisotopic (exact) mass is 477 g/mol. The highest BCUT2D eigenvalue weighted by Gasteiger charge is 2.13. The lowest BCUT2D eigenvalue weighted by Gasteiger charge is -2.08. The van der Waals surface area contributed by atoms with E-state index < -0.39 is 11.9 Å². The SMILES string of the molecule is Nc1ccc(OC(=O)c2ccc(-c3ccc(C(=O)Oc4ccc(Cl)cc4Cl)cc3)cc2)cc1. The van der Waals surface area contributed by atoms with Crippen molar-refractivity contribution in [2.24, 2.45) is 0 Å². The Balaban J connectivity index is 1.42. The van der Waals surface area contributed by atoms with Crippen LogP contribution in [0.15, 0.2) is 91.0 Å². The van der Waals surface area contributed by atoms with Crippen LogP contribution in [-0.4, -0.2) is 11.9 Å². The Morgan fingerprint density at radius 2 is 1.15 bits per heavy atom. The van der Waals surface area contributed by atoms with Crippen molar-refractivity contribution in [3.63, 3.8) is 0 Å². The lowest BCUT2D eigenvalue weighted by molar-refractivity contribution is 0.0725. The van der Waals surface area contributed by atoms with Gasteiger partial charge in [0.2, 0.25) is 0 Å². The first-order chi connectivity index (χ1) is 15.9. The lowest BCUT2D eigenvalue weighted by Crippen LogP contribution is -2.08. The van der Waals surface area contributed by atoms with Crippen molar-refractivity contribution in [1.82, 2.24) is 0 Å². The molecule has 33 heavy (non-hydrogen) atoms. The van der Waals surface area contributed by atoms with Crippen LogP contribution < -0.4 is 15.2 Å². The van der Waals surface area contributed by atoms with Crippen LogP contribution in [0, 0.1) is 0 Å². The molecule has 0 radical (unpaired) electrons. The van der Waals surface area contributed by atoms with E-state index in [0.717, 1.165) is 11.1 Å². The number of nitrogen functional groups attached to an aromatic ring is 1. The molecule has 164 valence electrons. The van der Waals surface area contributed by atoms with E-state index in [1.807, 2.05) is 0 Å². The Labute approximate surface area is 200 Å². The summed E-state index contributed by atoms with van der Waals surface area (Å²) < 4.78 is 10.7. The highest BCUT2D eigenvalue weighted by atomic mass is 35.5. The zero-order valence-electron chi connectivity index (χ0n) is 17.1. The average molecular weight is 478 g/mol. The minimum absolute atomic E-state index is 0.233. The zero-order chi connectivity index (χ0) is 23.4. The molecule has 7 heteroatoms. The van der Waals surface area contributed by atoms with Crippen LogP contribution in [0.1, 0.15) is 20.7 Å². The first kappa shape index (κ1) is 22.4. The molecule has 4 aromatic carbocycles. The van der Waals surface area contributed by atoms with Crippen molar-refractivity contribution in [3.8, 4) is 22.6 Å². The van der Waals surface area contributed by atoms with E-state index in [-0.39, 0.29) is 10.8 Å². The number of anilines is 1. The van der Waals surface area contributed by atoms with Gasteiger partial charge in [-0.15, -0.1) is 0 Å². The predicted molar refractivity (Wildman–Crippen MR) is 129 cm³/mol. The molecule has 0 bridgehead atoms. The van der Waals surface area contributed by atoms with Gasteiger partial charge in [0.25, 0.3) is 0 Å². The van der Waals surface area contributed by atoms with E-state index in [1.54, 1.807) is 78.9 Å². The topological polar surface area (TPSA) is 78.6 Å². The number of nitrogens with two attached hydrogens (primary N) is 1. The van der Waals surface area contributed by atoms with Crippen LogP contribution in [0.5, 0.6) is 11.5 Å². The summed E-state index contributed by atoms with van der Waals surface area (Å²) in [7, 11) is 0. The molecular formula is C26H17Cl2NO4. The van der Waals surface area contributed by atoms with Gasteiger partial charge in [-0.2, -0.15) is 0 Å². The molecule has 5 nitrogen and oxygen atoms in total. The molecular weight excluding hydrogens is 461 g/mol. The van der Waals surface area contributed by atoms with Gasteiger partial charge >= 0.3 is 11.9 Å². The molecule has 0 atom stereocenters. The summed E-state index contributed by atoms with van der Waals surface area (Å²) in [6.45, 7) is 0. The molecule has 0 aliphatic rings. The first-order valence-electron chi connectivity index (χ1n) is 9.84. The van der Waals surface area contributed by atoms with Crippen molar-refractivity contribution < 1.29 is 19.1 Å². The van der Waals surface area contributed by atoms with E-state index in [2.05, 4.69) is 0 Å². The van der Waals surface area contributed by atoms with Crippen molar-refractivity contribution in [2.75, 3.05) is 5.73 Å². The van der Waals surface area contributed by atoms with Gasteiger partial charge in [0, 0.05) is 10.7 Å². The number of carbonyl (C=O) groups excluding carboxylic acids is 2. The third-order valence-corrected chi connectivity index (χ3v) is 5.29. The summed E-state index contributed by atoms with van der Waals surface area (Å²) in [5, 5.41) is 0.705. The Bertz CT molecular complexity index is 1300. The molecule has 0 saturated carbocycles. The molecule has 0 spiro atoms. The molecule has 0 saturated heterocycles. The van der Waals surface area contributed by atoms with Gasteiger partial charge < -0.3 is 15.2 Å². The molecule has 0 fully saturated rings. The Morgan fingerprint density at radius 3 is 1.67 bits per heavy atom. The Kier molecular flexibility index (Phi) is 6.63. The minimum Gasteiger partial charge on any atom is -0.423 e. The molecule has 0 unspecified atom stereocenters. The summed E-state index contributed by atoms with van der Waals surface area (Å²) >= 11 is 11.9. The van der Waals surface area contributed by atoms with Gasteiger partial charge in [-0.05, 0) is 77.9 Å². The van der Waals surface area contributed by atoms with E-state index in [1.165, 1.54) is 12.1 Å². The van der Waals surface area contributed by atoms with E-state index in [9.17, 15) is 9.59 Å². The second-order valence-electron chi connectivity index (χ2n) is 7.08. The van der Waals surface area contributed by atoms with Crippen LogP contribution in [0.3, 0.4) is 0 Å². The maximum absolute atomic E-state index is 12.4. The van der Waals surface area contributed by atoms with Crippen LogP contribution in [0.25, 0.3) is 11.1 Å². The van der Waals surface area contributed by atoms with Gasteiger partial charge in [0.05, 0.1) is 16.1 Å². The largest absolute Gasteiger partial charge is 0.423 e. The number of rotatable bonds is 5. The standard InChI is InChI=1S/C26H17Cl2NO4/c27-20-9-14-24(23(28)15-20)33-26(31)19-7-3-17(4-8-19)16-1-5-18(6-2-16)25(30)32-22-12-10-21(29)11-13-22/h1-15H,29H2. The summed E-state index contributed by atoms with van der Waals surface area (Å²) in [5.74, 6) is -0.353. The fourth-order valence-electron chi connectivity index (χ4n) is 3.02. The second kappa shape index (κ2) is 9.77. The third kappa shape index (κ3) is 5.52. The Hall–Kier alpha value is -3.80. The molecule has 0 heterocycles. The van der Waals surface area contributed by atoms with Gasteiger partial charge in [0.15, 0.2) is 0 Å². The van der Waals surface area contributed by atoms with Crippen LogP contribution in [0.2, 0.25) is 10.0 Å². The average Bonchev–Trinajstić information content (AvgIpc) is 2.82. The molecule has 0 aromatic heterocycles. The minimum atomic E-state index is -0.536. The van der Waals surface area contributed by atoms with Crippen molar-refractivity contribution in [1.29, 1.82) is 0 Å². The summed E-state index contributed by atoms with van der Waals surface area (Å²) in [5.41, 5.74) is 8.75. The number of benzene rings is 4. The maximum atomic E-state index is 12.4. The van der Waals surface area contributed by atoms with E-state index >= 15 is 0 Å². The maximum Gasteiger partial charge on any atom is 0.343 e. The third-order valence-electron chi connectivity index (χ3n) is 4.76. The fraction of sp³-hybridized carbons (Fsp3) is 0. The first-order valence-corrected chi connectivity index (χ1v) is 10.6. The lowest BCUT2D eigenvalue weighted by atomic mass is 10.0. The number of hydrogen-bond acceptors (Lipinski definition) is 5. The van der Waals surface area contributed by atoms with Gasteiger partial charge in [-0.1, -0.05) is 47.5 Å². The molecule has 4 rings (SSSR count). The summed E-state index contributed by atoms with van der Waals surface area (Å²) in [4.78, 5) is 24.8. The zero-order valence-corrected chi connectivity index (χ0v) is 18.6. The highest BCUT2D eigenvalue weighted by molar-refractivity contribution is 6.35. The molecule has 4 aromatic rings. The molecule has 0 amide bonds. The summed E-state index contributed by atoms with van der Waals surface area (Å²) in [6.07, 6.45) is 0. The molecule has 0 aliphatic carbocycles. The smallest absolute Gasteiger partial charge is 0.343 e. The fourth-order valence-corrected chi connectivity index (χ4v) is 3.46. The van der Waals surface area contributed by atoms with Crippen LogP contribution in [0.4, 0.5) is 5.69 Å². The molecule has 0 aliphatic heterocycles. The predicted octanol–water partition coefficient (Wildman–Crippen LogP) is 6.68. The van der Waals surface area contributed by atoms with Crippen molar-refractivity contribution >= 4 is 40.8 Å². The van der Waals surface area contributed by atoms with Gasteiger partial charge in [0.1, 0.15) is 11.5 Å². The Morgan fingerprint density at radius 1 is 0.636 bits per heavy atom. The van der Waals surface area contributed by atoms with Crippen molar-refractivity contribution in [2.45, 2.75) is 0 Å².